The lowest BCUT2D eigenvalue weighted by Gasteiger charge is -2.11. The second kappa shape index (κ2) is 8.55. The largest absolute Gasteiger partial charge is 0.465 e. The van der Waals surface area contributed by atoms with Crippen molar-refractivity contribution in [3.05, 3.63) is 88.3 Å². The third-order valence-corrected chi connectivity index (χ3v) is 5.34. The van der Waals surface area contributed by atoms with Gasteiger partial charge in [-0.3, -0.25) is 9.69 Å². The van der Waals surface area contributed by atoms with Crippen LogP contribution in [0.4, 0.5) is 4.79 Å². The molecule has 1 saturated heterocycles. The molecule has 4 rings (SSSR count). The summed E-state index contributed by atoms with van der Waals surface area (Å²) in [5.74, 6) is 0.0978. The number of urea groups is 1. The topological polar surface area (TPSA) is 88.9 Å². The number of hydrogen-bond donors (Lipinski definition) is 1. The van der Waals surface area contributed by atoms with Crippen LogP contribution in [0, 0.1) is 13.8 Å². The van der Waals surface area contributed by atoms with Gasteiger partial charge in [0.05, 0.1) is 19.2 Å². The first-order chi connectivity index (χ1) is 15.4. The van der Waals surface area contributed by atoms with Crippen molar-refractivity contribution in [2.24, 2.45) is 0 Å². The van der Waals surface area contributed by atoms with Crippen LogP contribution in [0.25, 0.3) is 17.4 Å². The summed E-state index contributed by atoms with van der Waals surface area (Å²) >= 11 is 0. The molecule has 7 nitrogen and oxygen atoms in total. The maximum atomic E-state index is 12.8. The lowest BCUT2D eigenvalue weighted by molar-refractivity contribution is -0.123. The molecule has 0 unspecified atom stereocenters. The normalized spacial score (nSPS) is 14.7. The number of ether oxygens (including phenoxy) is 1. The minimum absolute atomic E-state index is 0.142. The van der Waals surface area contributed by atoms with Crippen LogP contribution in [-0.4, -0.2) is 29.9 Å². The van der Waals surface area contributed by atoms with Gasteiger partial charge in [-0.15, -0.1) is 0 Å². The average molecular weight is 430 g/mol. The maximum absolute atomic E-state index is 12.8. The molecule has 0 saturated carbocycles. The summed E-state index contributed by atoms with van der Waals surface area (Å²) in [6, 6.07) is 15.9. The molecule has 1 aliphatic rings. The number of furan rings is 1. The first-order valence-electron chi connectivity index (χ1n) is 10.1. The second-order valence-electron chi connectivity index (χ2n) is 7.54. The number of methoxy groups -OCH3 is 1. The van der Waals surface area contributed by atoms with Gasteiger partial charge < -0.3 is 14.5 Å². The van der Waals surface area contributed by atoms with Gasteiger partial charge in [0, 0.05) is 11.6 Å². The third kappa shape index (κ3) is 4.05. The van der Waals surface area contributed by atoms with Crippen molar-refractivity contribution in [3.8, 4) is 11.3 Å². The summed E-state index contributed by atoms with van der Waals surface area (Å²) in [5, 5.41) is 2.60. The van der Waals surface area contributed by atoms with Gasteiger partial charge in [0.2, 0.25) is 0 Å². The Labute approximate surface area is 185 Å². The first-order valence-corrected chi connectivity index (χ1v) is 10.1. The maximum Gasteiger partial charge on any atom is 0.338 e. The van der Waals surface area contributed by atoms with Crippen molar-refractivity contribution in [3.63, 3.8) is 0 Å². The van der Waals surface area contributed by atoms with Gasteiger partial charge in [0.25, 0.3) is 5.91 Å². The van der Waals surface area contributed by atoms with Gasteiger partial charge in [-0.1, -0.05) is 42.0 Å². The number of carbonyl (C=O) groups is 3. The number of esters is 1. The van der Waals surface area contributed by atoms with Crippen LogP contribution in [0.15, 0.2) is 64.7 Å². The van der Waals surface area contributed by atoms with Gasteiger partial charge >= 0.3 is 12.0 Å². The van der Waals surface area contributed by atoms with Gasteiger partial charge in [-0.2, -0.15) is 0 Å². The van der Waals surface area contributed by atoms with E-state index in [2.05, 4.69) is 5.32 Å². The van der Waals surface area contributed by atoms with E-state index in [0.717, 1.165) is 27.2 Å². The van der Waals surface area contributed by atoms with Crippen molar-refractivity contribution in [1.82, 2.24) is 10.2 Å². The molecule has 162 valence electrons. The monoisotopic (exact) mass is 430 g/mol. The molecular formula is C25H22N2O5. The molecule has 1 N–H and O–H groups in total. The fourth-order valence-electron chi connectivity index (χ4n) is 3.54. The molecule has 1 fully saturated rings. The van der Waals surface area contributed by atoms with E-state index in [9.17, 15) is 14.4 Å². The summed E-state index contributed by atoms with van der Waals surface area (Å²) in [4.78, 5) is 38.2. The molecule has 0 spiro atoms. The highest BCUT2D eigenvalue weighted by molar-refractivity contribution is 6.13. The van der Waals surface area contributed by atoms with Gasteiger partial charge in [-0.05, 0) is 43.2 Å². The van der Waals surface area contributed by atoms with E-state index >= 15 is 0 Å². The quantitative estimate of drug-likeness (QED) is 0.367. The Kier molecular flexibility index (Phi) is 5.64. The highest BCUT2D eigenvalue weighted by atomic mass is 16.5. The fourth-order valence-corrected chi connectivity index (χ4v) is 3.54. The number of amides is 3. The minimum atomic E-state index is -0.477. The van der Waals surface area contributed by atoms with Crippen LogP contribution in [0.1, 0.15) is 32.8 Å². The highest BCUT2D eigenvalue weighted by Gasteiger charge is 2.33. The smallest absolute Gasteiger partial charge is 0.338 e. The van der Waals surface area contributed by atoms with Crippen LogP contribution in [-0.2, 0) is 16.1 Å². The van der Waals surface area contributed by atoms with Crippen LogP contribution < -0.4 is 5.32 Å². The molecule has 0 aliphatic carbocycles. The molecule has 7 heteroatoms. The number of imide groups is 1. The van der Waals surface area contributed by atoms with Crippen molar-refractivity contribution in [2.75, 3.05) is 7.11 Å². The number of hydrogen-bond acceptors (Lipinski definition) is 5. The SMILES string of the molecule is COC(=O)c1cccc(-c2ccc(/C=C3/NC(=O)N(Cc4ccc(C)cc4)C3=O)o2)c1C. The zero-order chi connectivity index (χ0) is 22.8. The Morgan fingerprint density at radius 3 is 2.53 bits per heavy atom. The van der Waals surface area contributed by atoms with Gasteiger partial charge in [0.1, 0.15) is 17.2 Å². The number of nitrogens with zero attached hydrogens (tertiary/aromatic N) is 1. The van der Waals surface area contributed by atoms with Crippen LogP contribution in [0.2, 0.25) is 0 Å². The Hall–Kier alpha value is -4.13. The lowest BCUT2D eigenvalue weighted by atomic mass is 10.0. The number of nitrogens with one attached hydrogen (secondary N) is 1. The number of rotatable bonds is 5. The average Bonchev–Trinajstić information content (AvgIpc) is 3.35. The van der Waals surface area contributed by atoms with E-state index in [-0.39, 0.29) is 12.2 Å². The number of carbonyl (C=O) groups excluding carboxylic acids is 3. The number of benzene rings is 2. The van der Waals surface area contributed by atoms with E-state index in [0.29, 0.717) is 17.1 Å². The van der Waals surface area contributed by atoms with Crippen LogP contribution >= 0.6 is 0 Å². The molecule has 2 aromatic carbocycles. The molecular weight excluding hydrogens is 408 g/mol. The number of aryl methyl sites for hydroxylation is 1. The first kappa shape index (κ1) is 21.1. The standard InChI is InChI=1S/C25H22N2O5/c1-15-7-9-17(10-8-15)14-27-23(28)21(26-25(27)30)13-18-11-12-22(32-18)19-5-4-6-20(16(19)2)24(29)31-3/h4-13H,14H2,1-3H3,(H,26,30)/b21-13+. The summed E-state index contributed by atoms with van der Waals surface area (Å²) in [6.45, 7) is 3.97. The molecule has 1 aliphatic heterocycles. The van der Waals surface area contributed by atoms with E-state index in [1.54, 1.807) is 24.3 Å². The summed E-state index contributed by atoms with van der Waals surface area (Å²) in [6.07, 6.45) is 1.50. The van der Waals surface area contributed by atoms with Gasteiger partial charge in [0.15, 0.2) is 0 Å². The third-order valence-electron chi connectivity index (χ3n) is 5.34. The Morgan fingerprint density at radius 2 is 1.81 bits per heavy atom. The molecule has 3 amide bonds. The lowest BCUT2D eigenvalue weighted by Crippen LogP contribution is -2.30. The van der Waals surface area contributed by atoms with E-state index in [1.807, 2.05) is 44.2 Å². The molecule has 0 bridgehead atoms. The summed E-state index contributed by atoms with van der Waals surface area (Å²) < 4.78 is 10.7. The molecule has 2 heterocycles. The van der Waals surface area contributed by atoms with Crippen molar-refractivity contribution >= 4 is 24.0 Å². The molecule has 0 radical (unpaired) electrons. The predicted molar refractivity (Wildman–Crippen MR) is 118 cm³/mol. The van der Waals surface area contributed by atoms with Crippen LogP contribution in [0.3, 0.4) is 0 Å². The Bertz CT molecular complexity index is 1240. The fraction of sp³-hybridized carbons (Fsp3) is 0.160. The zero-order valence-corrected chi connectivity index (χ0v) is 18.0. The Morgan fingerprint density at radius 1 is 1.06 bits per heavy atom. The highest BCUT2D eigenvalue weighted by Crippen LogP contribution is 2.29. The zero-order valence-electron chi connectivity index (χ0n) is 18.0. The van der Waals surface area contributed by atoms with E-state index < -0.39 is 17.9 Å². The Balaban J connectivity index is 1.56. The molecule has 0 atom stereocenters. The molecule has 1 aromatic heterocycles. The minimum Gasteiger partial charge on any atom is -0.465 e. The van der Waals surface area contributed by atoms with E-state index in [1.165, 1.54) is 13.2 Å². The van der Waals surface area contributed by atoms with Crippen LogP contribution in [0.5, 0.6) is 0 Å². The van der Waals surface area contributed by atoms with Crippen molar-refractivity contribution < 1.29 is 23.5 Å². The van der Waals surface area contributed by atoms with Gasteiger partial charge in [-0.25, -0.2) is 9.59 Å². The van der Waals surface area contributed by atoms with Crippen molar-refractivity contribution in [1.29, 1.82) is 0 Å². The second-order valence-corrected chi connectivity index (χ2v) is 7.54. The predicted octanol–water partition coefficient (Wildman–Crippen LogP) is 4.44. The molecule has 32 heavy (non-hydrogen) atoms. The van der Waals surface area contributed by atoms with E-state index in [4.69, 9.17) is 9.15 Å². The molecule has 3 aromatic rings. The summed E-state index contributed by atoms with van der Waals surface area (Å²) in [7, 11) is 1.33. The van der Waals surface area contributed by atoms with Crippen molar-refractivity contribution in [2.45, 2.75) is 20.4 Å². The summed E-state index contributed by atoms with van der Waals surface area (Å²) in [5.41, 5.74) is 4.02.